The fourth-order valence-electron chi connectivity index (χ4n) is 3.71. The van der Waals surface area contributed by atoms with Crippen LogP contribution in [0, 0.1) is 13.8 Å². The molecule has 2 saturated heterocycles. The van der Waals surface area contributed by atoms with Gasteiger partial charge in [-0.1, -0.05) is 6.07 Å². The first-order chi connectivity index (χ1) is 12.5. The average Bonchev–Trinajstić information content (AvgIpc) is 2.99. The summed E-state index contributed by atoms with van der Waals surface area (Å²) in [5, 5.41) is 2.94. The zero-order chi connectivity index (χ0) is 18.7. The number of amides is 2. The van der Waals surface area contributed by atoms with E-state index in [-0.39, 0.29) is 30.3 Å². The highest BCUT2D eigenvalue weighted by molar-refractivity contribution is 5.94. The number of carbonyl (C=O) groups excluding carboxylic acids is 2. The number of likely N-dealkylation sites (N-methyl/N-ethyl adjacent to an activating group) is 1. The number of hydrogen-bond acceptors (Lipinski definition) is 4. The van der Waals surface area contributed by atoms with E-state index in [2.05, 4.69) is 22.2 Å². The lowest BCUT2D eigenvalue weighted by Gasteiger charge is -2.35. The van der Waals surface area contributed by atoms with Crippen LogP contribution < -0.4 is 5.32 Å². The zero-order valence-electron chi connectivity index (χ0n) is 16.5. The lowest BCUT2D eigenvalue weighted by Crippen LogP contribution is -2.51. The van der Waals surface area contributed by atoms with Gasteiger partial charge in [0.05, 0.1) is 6.04 Å². The third-order valence-corrected chi connectivity index (χ3v) is 5.68. The van der Waals surface area contributed by atoms with Gasteiger partial charge < -0.3 is 15.1 Å². The van der Waals surface area contributed by atoms with E-state index in [0.717, 1.165) is 44.7 Å². The van der Waals surface area contributed by atoms with Gasteiger partial charge in [0.15, 0.2) is 0 Å². The molecule has 1 unspecified atom stereocenters. The lowest BCUT2D eigenvalue weighted by atomic mass is 10.1. The van der Waals surface area contributed by atoms with E-state index in [9.17, 15) is 9.59 Å². The van der Waals surface area contributed by atoms with E-state index in [0.29, 0.717) is 18.7 Å². The Morgan fingerprint density at radius 3 is 2.48 bits per heavy atom. The molecule has 0 radical (unpaired) electrons. The van der Waals surface area contributed by atoms with Crippen molar-refractivity contribution in [1.82, 2.24) is 20.0 Å². The Balaban J connectivity index is 0.00000261. The Morgan fingerprint density at radius 2 is 1.81 bits per heavy atom. The number of hydrogen-bond donors (Lipinski definition) is 1. The van der Waals surface area contributed by atoms with Gasteiger partial charge in [0.1, 0.15) is 0 Å². The minimum Gasteiger partial charge on any atom is -0.350 e. The average molecular weight is 395 g/mol. The van der Waals surface area contributed by atoms with Crippen LogP contribution in [0.15, 0.2) is 18.2 Å². The number of likely N-dealkylation sites (tertiary alicyclic amines) is 1. The summed E-state index contributed by atoms with van der Waals surface area (Å²) in [6, 6.07) is 5.76. The largest absolute Gasteiger partial charge is 0.350 e. The summed E-state index contributed by atoms with van der Waals surface area (Å²) in [4.78, 5) is 31.5. The molecule has 3 rings (SSSR count). The van der Waals surface area contributed by atoms with Gasteiger partial charge in [-0.25, -0.2) is 0 Å². The van der Waals surface area contributed by atoms with Gasteiger partial charge in [0.25, 0.3) is 5.91 Å². The molecule has 2 heterocycles. The zero-order valence-corrected chi connectivity index (χ0v) is 17.3. The molecule has 0 aliphatic carbocycles. The molecule has 2 amide bonds. The minimum atomic E-state index is -0.0737. The predicted molar refractivity (Wildman–Crippen MR) is 110 cm³/mol. The van der Waals surface area contributed by atoms with Crippen LogP contribution in [-0.2, 0) is 4.79 Å². The normalized spacial score (nSPS) is 21.2. The second-order valence-corrected chi connectivity index (χ2v) is 7.52. The number of carbonyl (C=O) groups is 2. The quantitative estimate of drug-likeness (QED) is 0.818. The third kappa shape index (κ3) is 5.21. The Morgan fingerprint density at radius 1 is 1.11 bits per heavy atom. The van der Waals surface area contributed by atoms with E-state index in [4.69, 9.17) is 0 Å². The lowest BCUT2D eigenvalue weighted by molar-refractivity contribution is -0.132. The van der Waals surface area contributed by atoms with Crippen molar-refractivity contribution in [3.8, 4) is 0 Å². The summed E-state index contributed by atoms with van der Waals surface area (Å²) >= 11 is 0. The molecule has 1 atom stereocenters. The Kier molecular flexibility index (Phi) is 7.65. The molecule has 2 fully saturated rings. The fourth-order valence-corrected chi connectivity index (χ4v) is 3.71. The van der Waals surface area contributed by atoms with Crippen LogP contribution >= 0.6 is 12.4 Å². The van der Waals surface area contributed by atoms with Crippen LogP contribution in [0.3, 0.4) is 0 Å². The van der Waals surface area contributed by atoms with Gasteiger partial charge in [-0.3, -0.25) is 14.5 Å². The number of nitrogens with zero attached hydrogens (tertiary/aromatic N) is 3. The SMILES string of the molecule is Cc1ccc(C(=O)NCCN2CCC(N3CCN(C)CC3)C2=O)cc1C.Cl. The predicted octanol–water partition coefficient (Wildman–Crippen LogP) is 1.30. The second-order valence-electron chi connectivity index (χ2n) is 7.52. The molecule has 1 aromatic carbocycles. The van der Waals surface area contributed by atoms with Crippen molar-refractivity contribution in [3.63, 3.8) is 0 Å². The van der Waals surface area contributed by atoms with Gasteiger partial charge in [0, 0.05) is 51.4 Å². The number of nitrogens with one attached hydrogen (secondary N) is 1. The van der Waals surface area contributed by atoms with Crippen LogP contribution in [0.4, 0.5) is 0 Å². The van der Waals surface area contributed by atoms with E-state index < -0.39 is 0 Å². The standard InChI is InChI=1S/C20H30N4O2.ClH/c1-15-4-5-17(14-16(15)2)19(25)21-7-9-24-8-6-18(20(24)26)23-12-10-22(3)11-13-23;/h4-5,14,18H,6-13H2,1-3H3,(H,21,25);1H. The van der Waals surface area contributed by atoms with Gasteiger partial charge >= 0.3 is 0 Å². The summed E-state index contributed by atoms with van der Waals surface area (Å²) in [6.07, 6.45) is 0.896. The van der Waals surface area contributed by atoms with Crippen molar-refractivity contribution >= 4 is 24.2 Å². The summed E-state index contributed by atoms with van der Waals surface area (Å²) in [5.74, 6) is 0.144. The van der Waals surface area contributed by atoms with Crippen LogP contribution in [0.5, 0.6) is 0 Å². The summed E-state index contributed by atoms with van der Waals surface area (Å²) in [6.45, 7) is 9.88. The summed E-state index contributed by atoms with van der Waals surface area (Å²) < 4.78 is 0. The van der Waals surface area contributed by atoms with Crippen LogP contribution in [0.1, 0.15) is 27.9 Å². The number of benzene rings is 1. The monoisotopic (exact) mass is 394 g/mol. The molecule has 0 aromatic heterocycles. The molecule has 0 saturated carbocycles. The minimum absolute atomic E-state index is 0. The van der Waals surface area contributed by atoms with Gasteiger partial charge in [-0.2, -0.15) is 0 Å². The molecule has 1 N–H and O–H groups in total. The smallest absolute Gasteiger partial charge is 0.251 e. The first-order valence-corrected chi connectivity index (χ1v) is 9.52. The Labute approximate surface area is 168 Å². The first-order valence-electron chi connectivity index (χ1n) is 9.52. The van der Waals surface area contributed by atoms with Gasteiger partial charge in [-0.05, 0) is 50.6 Å². The number of piperazine rings is 1. The number of aryl methyl sites for hydroxylation is 2. The Hall–Kier alpha value is -1.63. The molecular formula is C20H31ClN4O2. The molecule has 27 heavy (non-hydrogen) atoms. The molecular weight excluding hydrogens is 364 g/mol. The second kappa shape index (κ2) is 9.53. The van der Waals surface area contributed by atoms with Crippen molar-refractivity contribution in [2.24, 2.45) is 0 Å². The fraction of sp³-hybridized carbons (Fsp3) is 0.600. The third-order valence-electron chi connectivity index (χ3n) is 5.68. The van der Waals surface area contributed by atoms with E-state index in [1.807, 2.05) is 36.9 Å². The highest BCUT2D eigenvalue weighted by atomic mass is 35.5. The van der Waals surface area contributed by atoms with E-state index in [1.165, 1.54) is 5.56 Å². The maximum atomic E-state index is 12.7. The molecule has 150 valence electrons. The highest BCUT2D eigenvalue weighted by Crippen LogP contribution is 2.18. The Bertz CT molecular complexity index is 674. The van der Waals surface area contributed by atoms with Crippen molar-refractivity contribution in [1.29, 1.82) is 0 Å². The first kappa shape index (κ1) is 21.7. The summed E-state index contributed by atoms with van der Waals surface area (Å²) in [7, 11) is 2.12. The molecule has 6 nitrogen and oxygen atoms in total. The number of rotatable bonds is 5. The maximum absolute atomic E-state index is 12.7. The maximum Gasteiger partial charge on any atom is 0.251 e. The van der Waals surface area contributed by atoms with E-state index >= 15 is 0 Å². The van der Waals surface area contributed by atoms with Crippen molar-refractivity contribution in [2.45, 2.75) is 26.3 Å². The topological polar surface area (TPSA) is 55.9 Å². The van der Waals surface area contributed by atoms with E-state index in [1.54, 1.807) is 0 Å². The van der Waals surface area contributed by atoms with Gasteiger partial charge in [-0.15, -0.1) is 12.4 Å². The molecule has 2 aliphatic rings. The number of halogens is 1. The molecule has 0 spiro atoms. The summed E-state index contributed by atoms with van der Waals surface area (Å²) in [5.41, 5.74) is 2.97. The van der Waals surface area contributed by atoms with Crippen molar-refractivity contribution < 1.29 is 9.59 Å². The molecule has 1 aromatic rings. The highest BCUT2D eigenvalue weighted by Gasteiger charge is 2.36. The van der Waals surface area contributed by atoms with Crippen LogP contribution in [0.2, 0.25) is 0 Å². The van der Waals surface area contributed by atoms with Crippen molar-refractivity contribution in [2.75, 3.05) is 52.9 Å². The molecule has 0 bridgehead atoms. The van der Waals surface area contributed by atoms with Crippen LogP contribution in [-0.4, -0.2) is 85.4 Å². The van der Waals surface area contributed by atoms with Crippen molar-refractivity contribution in [3.05, 3.63) is 34.9 Å². The van der Waals surface area contributed by atoms with Crippen LogP contribution in [0.25, 0.3) is 0 Å². The van der Waals surface area contributed by atoms with Gasteiger partial charge in [0.2, 0.25) is 5.91 Å². The molecule has 7 heteroatoms. The molecule has 2 aliphatic heterocycles.